The van der Waals surface area contributed by atoms with Crippen molar-refractivity contribution in [1.82, 2.24) is 5.32 Å². The Hall–Kier alpha value is -1.35. The molecule has 1 saturated carbocycles. The second-order valence-electron chi connectivity index (χ2n) is 6.50. The minimum absolute atomic E-state index is 0.124. The summed E-state index contributed by atoms with van der Waals surface area (Å²) in [5, 5.41) is 3.08. The van der Waals surface area contributed by atoms with Gasteiger partial charge in [-0.1, -0.05) is 43.5 Å². The largest absolute Gasteiger partial charge is 0.355 e. The van der Waals surface area contributed by atoms with E-state index in [1.165, 1.54) is 30.4 Å². The van der Waals surface area contributed by atoms with Gasteiger partial charge in [0.1, 0.15) is 0 Å². The van der Waals surface area contributed by atoms with Crippen molar-refractivity contribution < 1.29 is 4.79 Å². The number of nitrogens with one attached hydrogen (secondary N) is 1. The van der Waals surface area contributed by atoms with Crippen LogP contribution in [-0.2, 0) is 11.2 Å². The molecule has 1 aromatic rings. The summed E-state index contributed by atoms with van der Waals surface area (Å²) in [7, 11) is 0. The summed E-state index contributed by atoms with van der Waals surface area (Å²) in [6.45, 7) is 0.756. The quantitative estimate of drug-likeness (QED) is 0.885. The zero-order chi connectivity index (χ0) is 14.0. The molecule has 0 heterocycles. The lowest BCUT2D eigenvalue weighted by molar-refractivity contribution is -0.122. The predicted octanol–water partition coefficient (Wildman–Crippen LogP) is 2.49. The summed E-state index contributed by atoms with van der Waals surface area (Å²) in [4.78, 5) is 12.1. The van der Waals surface area contributed by atoms with Gasteiger partial charge in [-0.3, -0.25) is 4.79 Å². The summed E-state index contributed by atoms with van der Waals surface area (Å²) in [6, 6.07) is 8.49. The van der Waals surface area contributed by atoms with E-state index in [9.17, 15) is 4.79 Å². The fourth-order valence-corrected chi connectivity index (χ4v) is 3.60. The van der Waals surface area contributed by atoms with Crippen molar-refractivity contribution in [1.29, 1.82) is 0 Å². The van der Waals surface area contributed by atoms with Crippen LogP contribution in [0, 0.1) is 0 Å². The summed E-state index contributed by atoms with van der Waals surface area (Å²) < 4.78 is 0. The molecule has 1 amide bonds. The van der Waals surface area contributed by atoms with E-state index < -0.39 is 0 Å². The summed E-state index contributed by atoms with van der Waals surface area (Å²) in [6.07, 6.45) is 7.16. The maximum Gasteiger partial charge on any atom is 0.221 e. The van der Waals surface area contributed by atoms with Crippen molar-refractivity contribution >= 4 is 5.91 Å². The van der Waals surface area contributed by atoms with Gasteiger partial charge in [0.05, 0.1) is 0 Å². The van der Waals surface area contributed by atoms with Gasteiger partial charge in [-0.15, -0.1) is 0 Å². The molecule has 2 aliphatic rings. The molecule has 2 aliphatic carbocycles. The summed E-state index contributed by atoms with van der Waals surface area (Å²) in [5.74, 6) is 0.619. The highest BCUT2D eigenvalue weighted by atomic mass is 16.1. The molecule has 3 nitrogen and oxygen atoms in total. The first-order chi connectivity index (χ1) is 9.66. The third kappa shape index (κ3) is 2.88. The Morgan fingerprint density at radius 3 is 2.75 bits per heavy atom. The topological polar surface area (TPSA) is 55.1 Å². The number of hydrogen-bond donors (Lipinski definition) is 2. The fourth-order valence-electron chi connectivity index (χ4n) is 3.60. The van der Waals surface area contributed by atoms with Crippen LogP contribution < -0.4 is 11.1 Å². The molecule has 0 spiro atoms. The maximum absolute atomic E-state index is 12.1. The number of carbonyl (C=O) groups excluding carboxylic acids is 1. The van der Waals surface area contributed by atoms with Crippen LogP contribution in [-0.4, -0.2) is 18.0 Å². The molecule has 3 N–H and O–H groups in total. The zero-order valence-corrected chi connectivity index (χ0v) is 12.0. The average molecular weight is 272 g/mol. The molecule has 1 aromatic carbocycles. The standard InChI is InChI=1S/C17H24N2O/c18-17(8-4-1-5-9-17)11-16(20)19-12-14-10-13-6-2-3-7-15(13)14/h2-3,6-7,14H,1,4-5,8-12,18H2,(H,19,20). The molecule has 1 atom stereocenters. The van der Waals surface area contributed by atoms with Crippen LogP contribution in [0.2, 0.25) is 0 Å². The van der Waals surface area contributed by atoms with Gasteiger partial charge in [-0.05, 0) is 30.4 Å². The molecule has 108 valence electrons. The summed E-state index contributed by atoms with van der Waals surface area (Å²) >= 11 is 0. The fraction of sp³-hybridized carbons (Fsp3) is 0.588. The molecule has 0 aromatic heterocycles. The van der Waals surface area contributed by atoms with E-state index in [1.807, 2.05) is 0 Å². The molecular formula is C17H24N2O. The molecule has 3 heteroatoms. The van der Waals surface area contributed by atoms with Gasteiger partial charge >= 0.3 is 0 Å². The van der Waals surface area contributed by atoms with Crippen LogP contribution in [0.4, 0.5) is 0 Å². The summed E-state index contributed by atoms with van der Waals surface area (Å²) in [5.41, 5.74) is 8.90. The minimum Gasteiger partial charge on any atom is -0.355 e. The van der Waals surface area contributed by atoms with Crippen molar-refractivity contribution in [3.63, 3.8) is 0 Å². The monoisotopic (exact) mass is 272 g/mol. The smallest absolute Gasteiger partial charge is 0.221 e. The van der Waals surface area contributed by atoms with Gasteiger partial charge in [0.2, 0.25) is 5.91 Å². The lowest BCUT2D eigenvalue weighted by Crippen LogP contribution is -2.46. The normalized spacial score (nSPS) is 23.6. The molecule has 0 bridgehead atoms. The lowest BCUT2D eigenvalue weighted by atomic mass is 9.77. The number of rotatable bonds is 4. The van der Waals surface area contributed by atoms with Crippen molar-refractivity contribution in [2.75, 3.05) is 6.54 Å². The van der Waals surface area contributed by atoms with Crippen molar-refractivity contribution in [3.05, 3.63) is 35.4 Å². The minimum atomic E-state index is -0.250. The Labute approximate surface area is 120 Å². The second kappa shape index (κ2) is 5.57. The number of hydrogen-bond acceptors (Lipinski definition) is 2. The van der Waals surface area contributed by atoms with Gasteiger partial charge in [-0.2, -0.15) is 0 Å². The van der Waals surface area contributed by atoms with Crippen LogP contribution in [0.1, 0.15) is 55.6 Å². The van der Waals surface area contributed by atoms with E-state index in [1.54, 1.807) is 0 Å². The third-order valence-electron chi connectivity index (χ3n) is 4.87. The van der Waals surface area contributed by atoms with E-state index in [4.69, 9.17) is 5.73 Å². The highest BCUT2D eigenvalue weighted by molar-refractivity contribution is 5.77. The Kier molecular flexibility index (Phi) is 3.79. The number of carbonyl (C=O) groups is 1. The Bertz CT molecular complexity index is 492. The first kappa shape index (κ1) is 13.6. The van der Waals surface area contributed by atoms with Crippen LogP contribution in [0.25, 0.3) is 0 Å². The van der Waals surface area contributed by atoms with E-state index in [0.29, 0.717) is 12.3 Å². The molecule has 3 rings (SSSR count). The van der Waals surface area contributed by atoms with Crippen molar-refractivity contribution in [2.24, 2.45) is 5.73 Å². The lowest BCUT2D eigenvalue weighted by Gasteiger charge is -2.34. The number of nitrogens with two attached hydrogens (primary N) is 1. The van der Waals surface area contributed by atoms with Crippen LogP contribution in [0.3, 0.4) is 0 Å². The molecule has 20 heavy (non-hydrogen) atoms. The molecule has 1 fully saturated rings. The number of fused-ring (bicyclic) bond motifs is 1. The highest BCUT2D eigenvalue weighted by Gasteiger charge is 2.31. The second-order valence-corrected chi connectivity index (χ2v) is 6.50. The van der Waals surface area contributed by atoms with Crippen molar-refractivity contribution in [2.45, 2.75) is 56.4 Å². The van der Waals surface area contributed by atoms with Gasteiger partial charge in [0.15, 0.2) is 0 Å². The van der Waals surface area contributed by atoms with Crippen LogP contribution in [0.15, 0.2) is 24.3 Å². The Balaban J connectivity index is 1.46. The van der Waals surface area contributed by atoms with Gasteiger partial charge in [-0.25, -0.2) is 0 Å². The maximum atomic E-state index is 12.1. The average Bonchev–Trinajstić information content (AvgIpc) is 2.40. The Morgan fingerprint density at radius 2 is 2.00 bits per heavy atom. The number of benzene rings is 1. The highest BCUT2D eigenvalue weighted by Crippen LogP contribution is 2.34. The molecular weight excluding hydrogens is 248 g/mol. The molecule has 0 radical (unpaired) electrons. The first-order valence-electron chi connectivity index (χ1n) is 7.80. The first-order valence-corrected chi connectivity index (χ1v) is 7.80. The zero-order valence-electron chi connectivity index (χ0n) is 12.0. The Morgan fingerprint density at radius 1 is 1.25 bits per heavy atom. The van der Waals surface area contributed by atoms with E-state index in [-0.39, 0.29) is 11.4 Å². The number of amides is 1. The van der Waals surface area contributed by atoms with Gasteiger partial charge < -0.3 is 11.1 Å². The van der Waals surface area contributed by atoms with E-state index in [2.05, 4.69) is 29.6 Å². The molecule has 1 unspecified atom stereocenters. The van der Waals surface area contributed by atoms with Crippen LogP contribution in [0.5, 0.6) is 0 Å². The van der Waals surface area contributed by atoms with E-state index >= 15 is 0 Å². The SMILES string of the molecule is NC1(CC(=O)NCC2Cc3ccccc32)CCCCC1. The van der Waals surface area contributed by atoms with E-state index in [0.717, 1.165) is 25.8 Å². The van der Waals surface area contributed by atoms with Gasteiger partial charge in [0.25, 0.3) is 0 Å². The predicted molar refractivity (Wildman–Crippen MR) is 80.5 cm³/mol. The van der Waals surface area contributed by atoms with Gasteiger partial charge in [0, 0.05) is 24.4 Å². The third-order valence-corrected chi connectivity index (χ3v) is 4.87. The van der Waals surface area contributed by atoms with Crippen molar-refractivity contribution in [3.8, 4) is 0 Å². The molecule has 0 aliphatic heterocycles. The van der Waals surface area contributed by atoms with Crippen LogP contribution >= 0.6 is 0 Å². The molecule has 0 saturated heterocycles.